The number of aromatic amines is 1. The van der Waals surface area contributed by atoms with Gasteiger partial charge in [-0.05, 0) is 23.5 Å². The van der Waals surface area contributed by atoms with Crippen molar-refractivity contribution in [3.63, 3.8) is 0 Å². The Hall–Kier alpha value is -3.67. The molecule has 1 atom stereocenters. The Kier molecular flexibility index (Phi) is 5.35. The van der Waals surface area contributed by atoms with Gasteiger partial charge in [0, 0.05) is 36.6 Å². The first-order chi connectivity index (χ1) is 15.6. The summed E-state index contributed by atoms with van der Waals surface area (Å²) < 4.78 is 2.04. The van der Waals surface area contributed by atoms with Gasteiger partial charge in [0.15, 0.2) is 0 Å². The van der Waals surface area contributed by atoms with E-state index in [4.69, 9.17) is 0 Å². The maximum atomic E-state index is 13.4. The number of hydrogen-bond acceptors (Lipinski definition) is 3. The van der Waals surface area contributed by atoms with Crippen LogP contribution in [0.4, 0.5) is 0 Å². The molecule has 2 aromatic heterocycles. The summed E-state index contributed by atoms with van der Waals surface area (Å²) in [7, 11) is 0. The molecule has 2 aromatic carbocycles. The van der Waals surface area contributed by atoms with Crippen molar-refractivity contribution in [1.82, 2.24) is 24.6 Å². The molecule has 1 aliphatic heterocycles. The van der Waals surface area contributed by atoms with Gasteiger partial charge in [-0.25, -0.2) is 4.98 Å². The second-order valence-electron chi connectivity index (χ2n) is 8.60. The fraction of sp³-hybridized carbons (Fsp3) is 0.269. The topological polar surface area (TPSA) is 66.8 Å². The Morgan fingerprint density at radius 2 is 1.81 bits per heavy atom. The van der Waals surface area contributed by atoms with Gasteiger partial charge in [-0.1, -0.05) is 68.4 Å². The lowest BCUT2D eigenvalue weighted by atomic mass is 9.94. The van der Waals surface area contributed by atoms with Crippen molar-refractivity contribution in [3.05, 3.63) is 95.7 Å². The van der Waals surface area contributed by atoms with Crippen molar-refractivity contribution in [1.29, 1.82) is 0 Å². The molecule has 6 nitrogen and oxygen atoms in total. The lowest BCUT2D eigenvalue weighted by Gasteiger charge is -2.27. The van der Waals surface area contributed by atoms with Crippen LogP contribution in [0, 0.1) is 0 Å². The third-order valence-corrected chi connectivity index (χ3v) is 6.20. The minimum absolute atomic E-state index is 0.0123. The van der Waals surface area contributed by atoms with Crippen molar-refractivity contribution in [3.8, 4) is 11.3 Å². The maximum Gasteiger partial charge on any atom is 0.273 e. The van der Waals surface area contributed by atoms with Crippen LogP contribution in [0.1, 0.15) is 59.4 Å². The molecular formula is C26H27N5O. The van der Waals surface area contributed by atoms with Gasteiger partial charge < -0.3 is 9.47 Å². The molecule has 1 aliphatic rings. The Bertz CT molecular complexity index is 1190. The highest BCUT2D eigenvalue weighted by Crippen LogP contribution is 2.43. The Morgan fingerprint density at radius 1 is 1.03 bits per heavy atom. The molecule has 0 saturated heterocycles. The van der Waals surface area contributed by atoms with E-state index >= 15 is 0 Å². The van der Waals surface area contributed by atoms with Crippen LogP contribution in [0.5, 0.6) is 0 Å². The van der Waals surface area contributed by atoms with Crippen molar-refractivity contribution < 1.29 is 4.79 Å². The van der Waals surface area contributed by atoms with E-state index in [0.29, 0.717) is 18.2 Å². The van der Waals surface area contributed by atoms with E-state index in [1.807, 2.05) is 52.3 Å². The van der Waals surface area contributed by atoms with E-state index in [9.17, 15) is 4.79 Å². The number of aryl methyl sites for hydroxylation is 1. The van der Waals surface area contributed by atoms with Crippen LogP contribution in [0.3, 0.4) is 0 Å². The second-order valence-corrected chi connectivity index (χ2v) is 8.60. The van der Waals surface area contributed by atoms with Crippen molar-refractivity contribution in [2.24, 2.45) is 0 Å². The van der Waals surface area contributed by atoms with Crippen LogP contribution in [-0.4, -0.2) is 37.1 Å². The third kappa shape index (κ3) is 3.62. The predicted molar refractivity (Wildman–Crippen MR) is 124 cm³/mol. The normalized spacial score (nSPS) is 15.5. The zero-order valence-corrected chi connectivity index (χ0v) is 18.4. The molecule has 0 fully saturated rings. The van der Waals surface area contributed by atoms with Gasteiger partial charge in [-0.2, -0.15) is 5.10 Å². The number of nitrogens with zero attached hydrogens (tertiary/aromatic N) is 4. The molecular weight excluding hydrogens is 398 g/mol. The first kappa shape index (κ1) is 20.2. The number of rotatable bonds is 7. The van der Waals surface area contributed by atoms with Gasteiger partial charge in [-0.3, -0.25) is 9.89 Å². The maximum absolute atomic E-state index is 13.4. The number of benzene rings is 2. The highest BCUT2D eigenvalue weighted by atomic mass is 16.2. The minimum Gasteiger partial charge on any atom is -0.337 e. The van der Waals surface area contributed by atoms with Crippen LogP contribution < -0.4 is 0 Å². The Morgan fingerprint density at radius 3 is 2.50 bits per heavy atom. The number of H-pyrrole nitrogens is 1. The summed E-state index contributed by atoms with van der Waals surface area (Å²) in [5, 5.41) is 7.59. The molecule has 0 radical (unpaired) electrons. The number of carbonyl (C=O) groups excluding carboxylic acids is 1. The highest BCUT2D eigenvalue weighted by molar-refractivity contribution is 6.00. The molecule has 0 saturated carbocycles. The van der Waals surface area contributed by atoms with Gasteiger partial charge >= 0.3 is 0 Å². The summed E-state index contributed by atoms with van der Waals surface area (Å²) >= 11 is 0. The summed E-state index contributed by atoms with van der Waals surface area (Å²) in [5.41, 5.74) is 5.85. The van der Waals surface area contributed by atoms with Gasteiger partial charge in [0.25, 0.3) is 5.91 Å². The zero-order valence-electron chi connectivity index (χ0n) is 18.4. The summed E-state index contributed by atoms with van der Waals surface area (Å²) in [5.74, 6) is 0.475. The third-order valence-electron chi connectivity index (χ3n) is 6.20. The first-order valence-corrected chi connectivity index (χ1v) is 11.1. The quantitative estimate of drug-likeness (QED) is 0.451. The van der Waals surface area contributed by atoms with E-state index in [-0.39, 0.29) is 11.9 Å². The number of aromatic nitrogens is 4. The molecule has 4 aromatic rings. The standard InChI is InChI=1S/C26H27N5O/c1-18(2)19-9-11-21(12-10-19)25-22-23(20-7-4-3-5-8-20)28-29-24(22)26(32)31(25)15-6-14-30-16-13-27-17-30/h3-5,7-13,16-18,25H,6,14-15H2,1-2H3,(H,28,29). The monoisotopic (exact) mass is 425 g/mol. The van der Waals surface area contributed by atoms with E-state index < -0.39 is 0 Å². The van der Waals surface area contributed by atoms with Gasteiger partial charge in [0.05, 0.1) is 18.1 Å². The summed E-state index contributed by atoms with van der Waals surface area (Å²) in [4.78, 5) is 19.5. The Labute approximate surface area is 187 Å². The molecule has 1 unspecified atom stereocenters. The largest absolute Gasteiger partial charge is 0.337 e. The molecule has 5 rings (SSSR count). The lowest BCUT2D eigenvalue weighted by Crippen LogP contribution is -2.31. The fourth-order valence-corrected chi connectivity index (χ4v) is 4.50. The van der Waals surface area contributed by atoms with Gasteiger partial charge in [0.1, 0.15) is 5.69 Å². The van der Waals surface area contributed by atoms with Gasteiger partial charge in [-0.15, -0.1) is 0 Å². The molecule has 0 spiro atoms. The SMILES string of the molecule is CC(C)c1ccc(C2c3c(-c4ccccc4)n[nH]c3C(=O)N2CCCn2ccnc2)cc1. The fourth-order valence-electron chi connectivity index (χ4n) is 4.50. The molecule has 162 valence electrons. The molecule has 32 heavy (non-hydrogen) atoms. The van der Waals surface area contributed by atoms with E-state index in [1.165, 1.54) is 5.56 Å². The zero-order chi connectivity index (χ0) is 22.1. The highest BCUT2D eigenvalue weighted by Gasteiger charge is 2.41. The molecule has 3 heterocycles. The average molecular weight is 426 g/mol. The minimum atomic E-state index is -0.157. The molecule has 0 bridgehead atoms. The number of amides is 1. The number of carbonyl (C=O) groups is 1. The van der Waals surface area contributed by atoms with E-state index in [1.54, 1.807) is 6.20 Å². The summed E-state index contributed by atoms with van der Waals surface area (Å²) in [6, 6.07) is 18.6. The van der Waals surface area contributed by atoms with Crippen LogP contribution in [0.15, 0.2) is 73.3 Å². The van der Waals surface area contributed by atoms with Crippen LogP contribution in [0.2, 0.25) is 0 Å². The number of hydrogen-bond donors (Lipinski definition) is 1. The van der Waals surface area contributed by atoms with E-state index in [2.05, 4.69) is 53.3 Å². The van der Waals surface area contributed by atoms with Crippen LogP contribution in [-0.2, 0) is 6.54 Å². The molecule has 1 amide bonds. The number of fused-ring (bicyclic) bond motifs is 1. The smallest absolute Gasteiger partial charge is 0.273 e. The average Bonchev–Trinajstić information content (AvgIpc) is 3.54. The van der Waals surface area contributed by atoms with Crippen molar-refractivity contribution in [2.45, 2.75) is 38.8 Å². The first-order valence-electron chi connectivity index (χ1n) is 11.1. The molecule has 6 heteroatoms. The lowest BCUT2D eigenvalue weighted by molar-refractivity contribution is 0.0739. The van der Waals surface area contributed by atoms with Crippen LogP contribution in [0.25, 0.3) is 11.3 Å². The molecule has 0 aliphatic carbocycles. The van der Waals surface area contributed by atoms with E-state index in [0.717, 1.165) is 35.3 Å². The summed E-state index contributed by atoms with van der Waals surface area (Å²) in [6.45, 7) is 5.86. The van der Waals surface area contributed by atoms with Crippen molar-refractivity contribution in [2.75, 3.05) is 6.54 Å². The van der Waals surface area contributed by atoms with Gasteiger partial charge in [0.2, 0.25) is 0 Å². The number of nitrogens with one attached hydrogen (secondary N) is 1. The number of imidazole rings is 1. The van der Waals surface area contributed by atoms with Crippen molar-refractivity contribution >= 4 is 5.91 Å². The predicted octanol–water partition coefficient (Wildman–Crippen LogP) is 5.03. The Balaban J connectivity index is 1.52. The second kappa shape index (κ2) is 8.46. The molecule has 1 N–H and O–H groups in total. The van der Waals surface area contributed by atoms with Crippen LogP contribution >= 0.6 is 0 Å². The summed E-state index contributed by atoms with van der Waals surface area (Å²) in [6.07, 6.45) is 6.39.